The highest BCUT2D eigenvalue weighted by Gasteiger charge is 2.11. The van der Waals surface area contributed by atoms with Crippen LogP contribution in [0.25, 0.3) is 0 Å². The molecule has 4 nitrogen and oxygen atoms in total. The van der Waals surface area contributed by atoms with Crippen molar-refractivity contribution in [1.29, 1.82) is 0 Å². The van der Waals surface area contributed by atoms with E-state index in [9.17, 15) is 13.6 Å². The zero-order valence-corrected chi connectivity index (χ0v) is 9.52. The molecule has 0 unspecified atom stereocenters. The molecule has 0 spiro atoms. The summed E-state index contributed by atoms with van der Waals surface area (Å²) in [7, 11) is 0. The van der Waals surface area contributed by atoms with Gasteiger partial charge in [-0.25, -0.2) is 8.78 Å². The van der Waals surface area contributed by atoms with Crippen molar-refractivity contribution in [1.82, 2.24) is 5.32 Å². The van der Waals surface area contributed by atoms with Gasteiger partial charge in [0.05, 0.1) is 11.4 Å². The van der Waals surface area contributed by atoms with Gasteiger partial charge in [-0.15, -0.1) is 0 Å². The van der Waals surface area contributed by atoms with Crippen LogP contribution in [-0.2, 0) is 4.79 Å². The van der Waals surface area contributed by atoms with E-state index < -0.39 is 11.6 Å². The van der Waals surface area contributed by atoms with Crippen molar-refractivity contribution in [2.45, 2.75) is 13.3 Å². The van der Waals surface area contributed by atoms with E-state index in [1.54, 1.807) is 6.92 Å². The van der Waals surface area contributed by atoms with E-state index in [4.69, 9.17) is 5.73 Å². The molecule has 0 saturated heterocycles. The van der Waals surface area contributed by atoms with E-state index in [-0.39, 0.29) is 30.2 Å². The molecule has 1 rings (SSSR count). The lowest BCUT2D eigenvalue weighted by Crippen LogP contribution is -2.25. The van der Waals surface area contributed by atoms with Gasteiger partial charge in [-0.05, 0) is 19.1 Å². The van der Waals surface area contributed by atoms with Crippen molar-refractivity contribution < 1.29 is 13.6 Å². The molecule has 0 aliphatic heterocycles. The highest BCUT2D eigenvalue weighted by atomic mass is 19.2. The van der Waals surface area contributed by atoms with E-state index in [1.165, 1.54) is 6.07 Å². The van der Waals surface area contributed by atoms with Gasteiger partial charge in [0.15, 0.2) is 11.6 Å². The molecule has 0 aromatic heterocycles. The number of rotatable bonds is 5. The number of anilines is 2. The molecule has 1 aromatic rings. The highest BCUT2D eigenvalue weighted by molar-refractivity contribution is 5.76. The Bertz CT molecular complexity index is 410. The summed E-state index contributed by atoms with van der Waals surface area (Å²) in [5.41, 5.74) is 5.50. The Labute approximate surface area is 98.2 Å². The van der Waals surface area contributed by atoms with E-state index in [2.05, 4.69) is 10.6 Å². The number of nitrogens with one attached hydrogen (secondary N) is 2. The van der Waals surface area contributed by atoms with Crippen LogP contribution in [-0.4, -0.2) is 19.0 Å². The number of amides is 1. The first-order valence-corrected chi connectivity index (χ1v) is 5.30. The van der Waals surface area contributed by atoms with Gasteiger partial charge in [0.2, 0.25) is 5.91 Å². The topological polar surface area (TPSA) is 67.2 Å². The maximum atomic E-state index is 13.3. The second-order valence-corrected chi connectivity index (χ2v) is 3.46. The second-order valence-electron chi connectivity index (χ2n) is 3.46. The second kappa shape index (κ2) is 6.03. The predicted octanol–water partition coefficient (Wildman–Crippen LogP) is 1.49. The number of halogens is 2. The van der Waals surface area contributed by atoms with E-state index in [0.717, 1.165) is 6.07 Å². The molecule has 6 heteroatoms. The fourth-order valence-corrected chi connectivity index (χ4v) is 1.33. The molecular formula is C11H15F2N3O. The minimum absolute atomic E-state index is 0.103. The van der Waals surface area contributed by atoms with Crippen LogP contribution in [0, 0.1) is 11.6 Å². The summed E-state index contributed by atoms with van der Waals surface area (Å²) in [6.45, 7) is 2.53. The van der Waals surface area contributed by atoms with Crippen LogP contribution in [0.1, 0.15) is 13.3 Å². The SMILES string of the molecule is CCNC(=O)CCNc1c(N)ccc(F)c1F. The molecule has 0 aliphatic carbocycles. The number of carbonyl (C=O) groups excluding carboxylic acids is 1. The van der Waals surface area contributed by atoms with Gasteiger partial charge in [0, 0.05) is 19.5 Å². The Hall–Kier alpha value is -1.85. The van der Waals surface area contributed by atoms with Gasteiger partial charge < -0.3 is 16.4 Å². The number of nitrogens with two attached hydrogens (primary N) is 1. The predicted molar refractivity (Wildman–Crippen MR) is 62.6 cm³/mol. The standard InChI is InChI=1S/C11H15F2N3O/c1-2-15-9(17)5-6-16-11-8(14)4-3-7(12)10(11)13/h3-4,16H,2,5-6,14H2,1H3,(H,15,17). The quantitative estimate of drug-likeness (QED) is 0.686. The van der Waals surface area contributed by atoms with Crippen LogP contribution in [0.4, 0.5) is 20.2 Å². The third-order valence-corrected chi connectivity index (χ3v) is 2.15. The van der Waals surface area contributed by atoms with Gasteiger partial charge in [0.1, 0.15) is 0 Å². The Morgan fingerprint density at radius 1 is 1.41 bits per heavy atom. The molecule has 0 saturated carbocycles. The fraction of sp³-hybridized carbons (Fsp3) is 0.364. The van der Waals surface area contributed by atoms with Crippen molar-refractivity contribution in [2.75, 3.05) is 24.1 Å². The lowest BCUT2D eigenvalue weighted by molar-refractivity contribution is -0.120. The average Bonchev–Trinajstić information content (AvgIpc) is 2.29. The van der Waals surface area contributed by atoms with Crippen molar-refractivity contribution >= 4 is 17.3 Å². The van der Waals surface area contributed by atoms with Crippen LogP contribution >= 0.6 is 0 Å². The summed E-state index contributed by atoms with van der Waals surface area (Å²) in [4.78, 5) is 11.1. The highest BCUT2D eigenvalue weighted by Crippen LogP contribution is 2.24. The molecule has 17 heavy (non-hydrogen) atoms. The lowest BCUT2D eigenvalue weighted by atomic mass is 10.2. The third-order valence-electron chi connectivity index (χ3n) is 2.15. The van der Waals surface area contributed by atoms with Crippen LogP contribution in [0.3, 0.4) is 0 Å². The minimum Gasteiger partial charge on any atom is -0.397 e. The molecule has 94 valence electrons. The van der Waals surface area contributed by atoms with Crippen LogP contribution in [0.5, 0.6) is 0 Å². The number of hydrogen-bond acceptors (Lipinski definition) is 3. The maximum Gasteiger partial charge on any atom is 0.221 e. The molecule has 4 N–H and O–H groups in total. The molecule has 1 aromatic carbocycles. The summed E-state index contributed by atoms with van der Waals surface area (Å²) >= 11 is 0. The first-order chi connectivity index (χ1) is 8.06. The Morgan fingerprint density at radius 3 is 2.76 bits per heavy atom. The zero-order valence-electron chi connectivity index (χ0n) is 9.52. The normalized spacial score (nSPS) is 10.1. The molecule has 0 fully saturated rings. The van der Waals surface area contributed by atoms with E-state index >= 15 is 0 Å². The summed E-state index contributed by atoms with van der Waals surface area (Å²) in [6, 6.07) is 2.23. The molecule has 0 bridgehead atoms. The van der Waals surface area contributed by atoms with Gasteiger partial charge in [-0.1, -0.05) is 0 Å². The summed E-state index contributed by atoms with van der Waals surface area (Å²) in [5.74, 6) is -2.16. The van der Waals surface area contributed by atoms with Crippen LogP contribution < -0.4 is 16.4 Å². The number of nitrogen functional groups attached to an aromatic ring is 1. The molecule has 0 atom stereocenters. The number of benzene rings is 1. The molecule has 1 amide bonds. The van der Waals surface area contributed by atoms with Gasteiger partial charge in [-0.3, -0.25) is 4.79 Å². The van der Waals surface area contributed by atoms with Crippen LogP contribution in [0.15, 0.2) is 12.1 Å². The number of carbonyl (C=O) groups is 1. The fourth-order valence-electron chi connectivity index (χ4n) is 1.33. The van der Waals surface area contributed by atoms with Gasteiger partial charge in [-0.2, -0.15) is 0 Å². The van der Waals surface area contributed by atoms with Gasteiger partial charge in [0.25, 0.3) is 0 Å². The molecule has 0 heterocycles. The third kappa shape index (κ3) is 3.58. The maximum absolute atomic E-state index is 13.3. The lowest BCUT2D eigenvalue weighted by Gasteiger charge is -2.10. The van der Waals surface area contributed by atoms with Crippen LogP contribution in [0.2, 0.25) is 0 Å². The Morgan fingerprint density at radius 2 is 2.12 bits per heavy atom. The first-order valence-electron chi connectivity index (χ1n) is 5.30. The summed E-state index contributed by atoms with van der Waals surface area (Å²) in [5, 5.41) is 5.20. The smallest absolute Gasteiger partial charge is 0.221 e. The van der Waals surface area contributed by atoms with Crippen molar-refractivity contribution in [3.8, 4) is 0 Å². The van der Waals surface area contributed by atoms with E-state index in [0.29, 0.717) is 6.54 Å². The monoisotopic (exact) mass is 243 g/mol. The summed E-state index contributed by atoms with van der Waals surface area (Å²) in [6.07, 6.45) is 0.170. The molecule has 0 radical (unpaired) electrons. The zero-order chi connectivity index (χ0) is 12.8. The molecule has 0 aliphatic rings. The first kappa shape index (κ1) is 13.2. The van der Waals surface area contributed by atoms with Crippen molar-refractivity contribution in [2.24, 2.45) is 0 Å². The minimum atomic E-state index is -1.03. The van der Waals surface area contributed by atoms with Crippen molar-refractivity contribution in [3.63, 3.8) is 0 Å². The van der Waals surface area contributed by atoms with E-state index in [1.807, 2.05) is 0 Å². The van der Waals surface area contributed by atoms with Gasteiger partial charge >= 0.3 is 0 Å². The Kier molecular flexibility index (Phi) is 4.68. The average molecular weight is 243 g/mol. The largest absolute Gasteiger partial charge is 0.397 e. The number of hydrogen-bond donors (Lipinski definition) is 3. The van der Waals surface area contributed by atoms with Crippen molar-refractivity contribution in [3.05, 3.63) is 23.8 Å². The Balaban J connectivity index is 2.58. The summed E-state index contributed by atoms with van der Waals surface area (Å²) < 4.78 is 26.2. The molecular weight excluding hydrogens is 228 g/mol.